The van der Waals surface area contributed by atoms with Gasteiger partial charge < -0.3 is 4.74 Å². The fourth-order valence-electron chi connectivity index (χ4n) is 1.93. The SMILES string of the molecule is COc1ccc(/C=C(\C)C(=O)/C=C/c2cccc(Br)c2)cc1. The number of methoxy groups -OCH3 is 1. The van der Waals surface area contributed by atoms with Crippen molar-refractivity contribution in [3.05, 3.63) is 75.8 Å². The third-order valence-electron chi connectivity index (χ3n) is 3.16. The maximum absolute atomic E-state index is 12.1. The Balaban J connectivity index is 2.09. The zero-order valence-electron chi connectivity index (χ0n) is 12.5. The lowest BCUT2D eigenvalue weighted by Crippen LogP contribution is -1.94. The molecule has 0 saturated heterocycles. The molecule has 0 aromatic heterocycles. The molecule has 0 atom stereocenters. The summed E-state index contributed by atoms with van der Waals surface area (Å²) in [6.45, 7) is 1.82. The summed E-state index contributed by atoms with van der Waals surface area (Å²) in [5, 5.41) is 0. The monoisotopic (exact) mass is 356 g/mol. The highest BCUT2D eigenvalue weighted by molar-refractivity contribution is 9.10. The van der Waals surface area contributed by atoms with Crippen LogP contribution in [0.2, 0.25) is 0 Å². The van der Waals surface area contributed by atoms with Crippen LogP contribution in [0, 0.1) is 0 Å². The largest absolute Gasteiger partial charge is 0.497 e. The first-order chi connectivity index (χ1) is 10.6. The summed E-state index contributed by atoms with van der Waals surface area (Å²) in [6, 6.07) is 15.4. The zero-order chi connectivity index (χ0) is 15.9. The molecule has 0 spiro atoms. The Morgan fingerprint density at radius 1 is 1.09 bits per heavy atom. The average molecular weight is 357 g/mol. The van der Waals surface area contributed by atoms with Crippen molar-refractivity contribution in [3.63, 3.8) is 0 Å². The number of hydrogen-bond donors (Lipinski definition) is 0. The number of carbonyl (C=O) groups excluding carboxylic acids is 1. The molecule has 0 aliphatic heterocycles. The van der Waals surface area contributed by atoms with Gasteiger partial charge in [0.25, 0.3) is 0 Å². The van der Waals surface area contributed by atoms with Crippen LogP contribution in [0.25, 0.3) is 12.2 Å². The number of carbonyl (C=O) groups is 1. The Morgan fingerprint density at radius 2 is 1.82 bits per heavy atom. The molecule has 2 rings (SSSR count). The number of halogens is 1. The molecule has 2 aromatic rings. The lowest BCUT2D eigenvalue weighted by Gasteiger charge is -2.01. The lowest BCUT2D eigenvalue weighted by atomic mass is 10.1. The van der Waals surface area contributed by atoms with Crippen molar-refractivity contribution in [1.29, 1.82) is 0 Å². The van der Waals surface area contributed by atoms with Gasteiger partial charge in [-0.05, 0) is 60.0 Å². The predicted molar refractivity (Wildman–Crippen MR) is 94.8 cm³/mol. The average Bonchev–Trinajstić information content (AvgIpc) is 2.53. The van der Waals surface area contributed by atoms with Gasteiger partial charge in [-0.3, -0.25) is 4.79 Å². The standard InChI is InChI=1S/C19H17BrO2/c1-14(12-16-6-9-18(22-2)10-7-16)19(21)11-8-15-4-3-5-17(20)13-15/h3-13H,1-2H3/b11-8+,14-12+. The lowest BCUT2D eigenvalue weighted by molar-refractivity contribution is -0.111. The number of ether oxygens (including phenoxy) is 1. The van der Waals surface area contributed by atoms with Crippen molar-refractivity contribution in [2.75, 3.05) is 7.11 Å². The van der Waals surface area contributed by atoms with E-state index in [-0.39, 0.29) is 5.78 Å². The van der Waals surface area contributed by atoms with E-state index in [1.54, 1.807) is 13.2 Å². The van der Waals surface area contributed by atoms with E-state index < -0.39 is 0 Å². The van der Waals surface area contributed by atoms with Gasteiger partial charge in [-0.25, -0.2) is 0 Å². The quantitative estimate of drug-likeness (QED) is 0.693. The molecule has 0 N–H and O–H groups in total. The van der Waals surface area contributed by atoms with Gasteiger partial charge in [0.1, 0.15) is 5.75 Å². The van der Waals surface area contributed by atoms with Crippen LogP contribution in [0.3, 0.4) is 0 Å². The van der Waals surface area contributed by atoms with Crippen molar-refractivity contribution in [2.45, 2.75) is 6.92 Å². The van der Waals surface area contributed by atoms with Crippen LogP contribution in [0.15, 0.2) is 64.7 Å². The van der Waals surface area contributed by atoms with Gasteiger partial charge in [-0.15, -0.1) is 0 Å². The Labute approximate surface area is 139 Å². The number of allylic oxidation sites excluding steroid dienone is 2. The van der Waals surface area contributed by atoms with Gasteiger partial charge in [0.15, 0.2) is 5.78 Å². The smallest absolute Gasteiger partial charge is 0.181 e. The Morgan fingerprint density at radius 3 is 2.45 bits per heavy atom. The van der Waals surface area contributed by atoms with Crippen LogP contribution in [-0.4, -0.2) is 12.9 Å². The van der Waals surface area contributed by atoms with Gasteiger partial charge in [-0.1, -0.05) is 46.3 Å². The van der Waals surface area contributed by atoms with Gasteiger partial charge in [-0.2, -0.15) is 0 Å². The van der Waals surface area contributed by atoms with Gasteiger partial charge in [0.2, 0.25) is 0 Å². The molecule has 0 aliphatic rings. The van der Waals surface area contributed by atoms with E-state index in [1.807, 2.05) is 67.6 Å². The Bertz CT molecular complexity index is 712. The molecule has 112 valence electrons. The van der Waals surface area contributed by atoms with E-state index in [0.717, 1.165) is 21.3 Å². The first kappa shape index (κ1) is 16.2. The van der Waals surface area contributed by atoms with E-state index in [1.165, 1.54) is 0 Å². The third kappa shape index (κ3) is 4.71. The van der Waals surface area contributed by atoms with E-state index in [2.05, 4.69) is 15.9 Å². The molecule has 2 nitrogen and oxygen atoms in total. The molecular weight excluding hydrogens is 340 g/mol. The summed E-state index contributed by atoms with van der Waals surface area (Å²) >= 11 is 3.41. The minimum absolute atomic E-state index is 0.00389. The molecule has 0 bridgehead atoms. The molecule has 3 heteroatoms. The van der Waals surface area contributed by atoms with Gasteiger partial charge in [0, 0.05) is 4.47 Å². The minimum Gasteiger partial charge on any atom is -0.497 e. The summed E-state index contributed by atoms with van der Waals surface area (Å²) < 4.78 is 6.11. The van der Waals surface area contributed by atoms with Crippen LogP contribution in [0.5, 0.6) is 5.75 Å². The second-order valence-electron chi connectivity index (χ2n) is 4.85. The van der Waals surface area contributed by atoms with Crippen LogP contribution < -0.4 is 4.74 Å². The summed E-state index contributed by atoms with van der Waals surface area (Å²) in [7, 11) is 1.63. The molecular formula is C19H17BrO2. The number of rotatable bonds is 5. The van der Waals surface area contributed by atoms with Crippen LogP contribution in [-0.2, 0) is 4.79 Å². The van der Waals surface area contributed by atoms with Crippen molar-refractivity contribution >= 4 is 33.9 Å². The maximum atomic E-state index is 12.1. The third-order valence-corrected chi connectivity index (χ3v) is 3.66. The molecule has 0 heterocycles. The summed E-state index contributed by atoms with van der Waals surface area (Å²) in [5.41, 5.74) is 2.65. The molecule has 0 amide bonds. The van der Waals surface area contributed by atoms with E-state index >= 15 is 0 Å². The van der Waals surface area contributed by atoms with E-state index in [9.17, 15) is 4.79 Å². The number of hydrogen-bond acceptors (Lipinski definition) is 2. The highest BCUT2D eigenvalue weighted by Gasteiger charge is 2.01. The van der Waals surface area contributed by atoms with Crippen molar-refractivity contribution in [1.82, 2.24) is 0 Å². The predicted octanol–water partition coefficient (Wildman–Crippen LogP) is 5.14. The molecule has 22 heavy (non-hydrogen) atoms. The topological polar surface area (TPSA) is 26.3 Å². The first-order valence-electron chi connectivity index (χ1n) is 6.89. The van der Waals surface area contributed by atoms with Crippen LogP contribution in [0.4, 0.5) is 0 Å². The van der Waals surface area contributed by atoms with Gasteiger partial charge >= 0.3 is 0 Å². The molecule has 2 aromatic carbocycles. The van der Waals surface area contributed by atoms with E-state index in [4.69, 9.17) is 4.74 Å². The highest BCUT2D eigenvalue weighted by atomic mass is 79.9. The molecule has 0 saturated carbocycles. The zero-order valence-corrected chi connectivity index (χ0v) is 14.1. The molecule has 0 unspecified atom stereocenters. The Hall–Kier alpha value is -2.13. The fourth-order valence-corrected chi connectivity index (χ4v) is 2.35. The van der Waals surface area contributed by atoms with Crippen molar-refractivity contribution in [2.24, 2.45) is 0 Å². The van der Waals surface area contributed by atoms with Crippen molar-refractivity contribution < 1.29 is 9.53 Å². The molecule has 0 fully saturated rings. The van der Waals surface area contributed by atoms with Crippen molar-refractivity contribution in [3.8, 4) is 5.75 Å². The minimum atomic E-state index is -0.00389. The second-order valence-corrected chi connectivity index (χ2v) is 5.77. The second kappa shape index (κ2) is 7.76. The highest BCUT2D eigenvalue weighted by Crippen LogP contribution is 2.15. The molecule has 0 aliphatic carbocycles. The Kier molecular flexibility index (Phi) is 5.73. The summed E-state index contributed by atoms with van der Waals surface area (Å²) in [4.78, 5) is 12.1. The number of benzene rings is 2. The first-order valence-corrected chi connectivity index (χ1v) is 7.68. The summed E-state index contributed by atoms with van der Waals surface area (Å²) in [6.07, 6.45) is 5.28. The number of ketones is 1. The summed E-state index contributed by atoms with van der Waals surface area (Å²) in [5.74, 6) is 0.798. The maximum Gasteiger partial charge on any atom is 0.181 e. The van der Waals surface area contributed by atoms with Crippen LogP contribution >= 0.6 is 15.9 Å². The molecule has 0 radical (unpaired) electrons. The van der Waals surface area contributed by atoms with Crippen LogP contribution in [0.1, 0.15) is 18.1 Å². The normalized spacial score (nSPS) is 11.7. The van der Waals surface area contributed by atoms with Gasteiger partial charge in [0.05, 0.1) is 7.11 Å². The van der Waals surface area contributed by atoms with E-state index in [0.29, 0.717) is 5.57 Å². The fraction of sp³-hybridized carbons (Fsp3) is 0.105.